The van der Waals surface area contributed by atoms with Crippen LogP contribution < -0.4 is 4.74 Å². The summed E-state index contributed by atoms with van der Waals surface area (Å²) < 4.78 is 23.7. The van der Waals surface area contributed by atoms with Crippen molar-refractivity contribution in [3.05, 3.63) is 46.3 Å². The molecule has 0 bridgehead atoms. The largest absolute Gasteiger partial charge is 0.496 e. The van der Waals surface area contributed by atoms with Crippen LogP contribution in [0.1, 0.15) is 56.4 Å². The highest BCUT2D eigenvalue weighted by Gasteiger charge is 2.35. The van der Waals surface area contributed by atoms with Gasteiger partial charge in [0.15, 0.2) is 5.82 Å². The number of halogens is 1. The van der Waals surface area contributed by atoms with Gasteiger partial charge in [-0.15, -0.1) is 11.3 Å². The highest BCUT2D eigenvalue weighted by molar-refractivity contribution is 7.13. The summed E-state index contributed by atoms with van der Waals surface area (Å²) in [7, 11) is 3.38. The average molecular weight is 470 g/mol. The maximum Gasteiger partial charge on any atom is 0.290 e. The number of thiophene rings is 1. The number of amides is 1. The first-order valence-electron chi connectivity index (χ1n) is 11.4. The van der Waals surface area contributed by atoms with E-state index in [0.717, 1.165) is 10.4 Å². The first-order valence-corrected chi connectivity index (χ1v) is 12.2. The van der Waals surface area contributed by atoms with Crippen molar-refractivity contribution in [2.24, 2.45) is 5.92 Å². The molecule has 1 aromatic carbocycles. The van der Waals surface area contributed by atoms with Crippen molar-refractivity contribution < 1.29 is 13.9 Å². The van der Waals surface area contributed by atoms with E-state index in [-0.39, 0.29) is 23.2 Å². The quantitative estimate of drug-likeness (QED) is 0.457. The monoisotopic (exact) mass is 469 g/mol. The van der Waals surface area contributed by atoms with Crippen LogP contribution in [0.5, 0.6) is 5.75 Å². The molecule has 176 valence electrons. The number of hydrogen-bond acceptors (Lipinski definition) is 4. The first kappa shape index (κ1) is 23.5. The van der Waals surface area contributed by atoms with E-state index < -0.39 is 0 Å². The summed E-state index contributed by atoms with van der Waals surface area (Å²) in [5, 5.41) is 1.97. The predicted molar refractivity (Wildman–Crippen MR) is 132 cm³/mol. The molecule has 0 fully saturated rings. The number of carbonyl (C=O) groups excluding carboxylic acids is 1. The molecule has 4 rings (SSSR count). The van der Waals surface area contributed by atoms with Gasteiger partial charge < -0.3 is 14.2 Å². The lowest BCUT2D eigenvalue weighted by molar-refractivity contribution is 0.0638. The standard InChI is InChI=1S/C26H32FN3O2S/c1-15(2)13-17-18(32-7)14-16-10-11-30-23(20(16)21(17)27)22(19-9-8-12-33-19)28-24(30)25(31)29(6)26(3,4)5/h8-9,12,14-15H,10-11,13H2,1-7H3. The fourth-order valence-corrected chi connectivity index (χ4v) is 5.03. The lowest BCUT2D eigenvalue weighted by atomic mass is 9.90. The third-order valence-corrected chi connectivity index (χ3v) is 7.18. The molecule has 3 aromatic rings. The van der Waals surface area contributed by atoms with Gasteiger partial charge in [0.2, 0.25) is 0 Å². The van der Waals surface area contributed by atoms with Gasteiger partial charge in [-0.3, -0.25) is 4.79 Å². The smallest absolute Gasteiger partial charge is 0.290 e. The highest BCUT2D eigenvalue weighted by atomic mass is 32.1. The number of methoxy groups -OCH3 is 1. The predicted octanol–water partition coefficient (Wildman–Crippen LogP) is 6.05. The fourth-order valence-electron chi connectivity index (χ4n) is 4.31. The number of benzene rings is 1. The van der Waals surface area contributed by atoms with Crippen molar-refractivity contribution in [3.8, 4) is 27.6 Å². The number of ether oxygens (including phenoxy) is 1. The number of rotatable bonds is 5. The Kier molecular flexibility index (Phi) is 6.12. The fraction of sp³-hybridized carbons (Fsp3) is 0.462. The Hall–Kier alpha value is -2.67. The van der Waals surface area contributed by atoms with Crippen molar-refractivity contribution in [3.63, 3.8) is 0 Å². The van der Waals surface area contributed by atoms with Crippen LogP contribution in [0.2, 0.25) is 0 Å². The molecule has 33 heavy (non-hydrogen) atoms. The van der Waals surface area contributed by atoms with Gasteiger partial charge >= 0.3 is 0 Å². The average Bonchev–Trinajstić information content (AvgIpc) is 3.41. The van der Waals surface area contributed by atoms with Gasteiger partial charge in [-0.2, -0.15) is 0 Å². The summed E-state index contributed by atoms with van der Waals surface area (Å²) in [5.41, 5.74) is 3.02. The number of aryl methyl sites for hydroxylation is 1. The summed E-state index contributed by atoms with van der Waals surface area (Å²) in [5.74, 6) is 0.798. The molecule has 5 nitrogen and oxygen atoms in total. The number of nitrogens with zero attached hydrogens (tertiary/aromatic N) is 3. The van der Waals surface area contributed by atoms with Crippen LogP contribution in [-0.2, 0) is 19.4 Å². The molecule has 2 aromatic heterocycles. The molecule has 1 aliphatic rings. The van der Waals surface area contributed by atoms with Crippen molar-refractivity contribution in [1.82, 2.24) is 14.5 Å². The Bertz CT molecular complexity index is 1190. The molecule has 0 atom stereocenters. The molecule has 0 saturated heterocycles. The Labute approximate surface area is 199 Å². The molecule has 0 aliphatic carbocycles. The zero-order valence-corrected chi connectivity index (χ0v) is 21.3. The number of carbonyl (C=O) groups is 1. The highest BCUT2D eigenvalue weighted by Crippen LogP contribution is 2.44. The van der Waals surface area contributed by atoms with Crippen molar-refractivity contribution >= 4 is 17.2 Å². The maximum atomic E-state index is 16.2. The summed E-state index contributed by atoms with van der Waals surface area (Å²) >= 11 is 1.54. The topological polar surface area (TPSA) is 47.4 Å². The molecular weight excluding hydrogens is 437 g/mol. The Morgan fingerprint density at radius 2 is 2.09 bits per heavy atom. The molecule has 3 heterocycles. The van der Waals surface area contributed by atoms with Crippen LogP contribution >= 0.6 is 11.3 Å². The minimum atomic E-state index is -0.359. The number of imidazole rings is 1. The molecule has 0 unspecified atom stereocenters. The van der Waals surface area contributed by atoms with E-state index in [9.17, 15) is 4.79 Å². The number of aromatic nitrogens is 2. The van der Waals surface area contributed by atoms with Gasteiger partial charge in [-0.05, 0) is 62.6 Å². The molecule has 0 radical (unpaired) electrons. The molecule has 1 amide bonds. The third-order valence-electron chi connectivity index (χ3n) is 6.31. The molecule has 7 heteroatoms. The summed E-state index contributed by atoms with van der Waals surface area (Å²) in [6.45, 7) is 10.7. The van der Waals surface area contributed by atoms with Crippen LogP contribution in [0.4, 0.5) is 4.39 Å². The van der Waals surface area contributed by atoms with E-state index in [1.54, 1.807) is 30.4 Å². The minimum Gasteiger partial charge on any atom is -0.496 e. The normalized spacial score (nSPS) is 13.1. The molecule has 0 spiro atoms. The van der Waals surface area contributed by atoms with Crippen LogP contribution in [0.3, 0.4) is 0 Å². The maximum absolute atomic E-state index is 16.2. The van der Waals surface area contributed by atoms with E-state index >= 15 is 4.39 Å². The van der Waals surface area contributed by atoms with Gasteiger partial charge in [0, 0.05) is 30.3 Å². The summed E-state index contributed by atoms with van der Waals surface area (Å²) in [6, 6.07) is 5.89. The molecule has 0 N–H and O–H groups in total. The van der Waals surface area contributed by atoms with Crippen molar-refractivity contribution in [1.29, 1.82) is 0 Å². The van der Waals surface area contributed by atoms with E-state index in [1.807, 2.05) is 48.9 Å². The van der Waals surface area contributed by atoms with Gasteiger partial charge in [0.25, 0.3) is 5.91 Å². The summed E-state index contributed by atoms with van der Waals surface area (Å²) in [6.07, 6.45) is 1.18. The molecule has 0 saturated carbocycles. The SMILES string of the molecule is COc1cc2c(c(F)c1CC(C)C)-c1c(-c3cccs3)nc(C(=O)N(C)C(C)(C)C)n1CC2. The third kappa shape index (κ3) is 4.07. The van der Waals surface area contributed by atoms with E-state index in [2.05, 4.69) is 13.8 Å². The number of hydrogen-bond donors (Lipinski definition) is 0. The van der Waals surface area contributed by atoms with Gasteiger partial charge in [-0.25, -0.2) is 9.37 Å². The van der Waals surface area contributed by atoms with Crippen molar-refractivity contribution in [2.75, 3.05) is 14.2 Å². The van der Waals surface area contributed by atoms with E-state index in [1.165, 1.54) is 0 Å². The van der Waals surface area contributed by atoms with Crippen LogP contribution in [0.15, 0.2) is 23.6 Å². The molecular formula is C26H32FN3O2S. The first-order chi connectivity index (χ1) is 15.5. The number of fused-ring (bicyclic) bond motifs is 3. The second-order valence-corrected chi connectivity index (χ2v) is 11.0. The van der Waals surface area contributed by atoms with Gasteiger partial charge in [0.05, 0.1) is 17.7 Å². The van der Waals surface area contributed by atoms with Gasteiger partial charge in [0.1, 0.15) is 17.3 Å². The van der Waals surface area contributed by atoms with Crippen molar-refractivity contribution in [2.45, 2.75) is 59.5 Å². The second kappa shape index (κ2) is 8.60. The van der Waals surface area contributed by atoms with Crippen LogP contribution in [0.25, 0.3) is 21.8 Å². The van der Waals surface area contributed by atoms with Crippen LogP contribution in [-0.4, -0.2) is 40.1 Å². The summed E-state index contributed by atoms with van der Waals surface area (Å²) in [4.78, 5) is 20.9. The second-order valence-electron chi connectivity index (χ2n) is 10.1. The lowest BCUT2D eigenvalue weighted by Gasteiger charge is -2.32. The lowest BCUT2D eigenvalue weighted by Crippen LogP contribution is -2.43. The Morgan fingerprint density at radius 3 is 2.67 bits per heavy atom. The van der Waals surface area contributed by atoms with Gasteiger partial charge in [-0.1, -0.05) is 19.9 Å². The minimum absolute atomic E-state index is 0.161. The van der Waals surface area contributed by atoms with E-state index in [4.69, 9.17) is 9.72 Å². The Balaban J connectivity index is 1.99. The molecule has 1 aliphatic heterocycles. The zero-order valence-electron chi connectivity index (χ0n) is 20.5. The zero-order chi connectivity index (χ0) is 24.1. The van der Waals surface area contributed by atoms with E-state index in [0.29, 0.717) is 53.5 Å². The van der Waals surface area contributed by atoms with Crippen LogP contribution in [0, 0.1) is 11.7 Å². The Morgan fingerprint density at radius 1 is 1.36 bits per heavy atom.